The molecule has 70 valence electrons. The van der Waals surface area contributed by atoms with E-state index >= 15 is 0 Å². The van der Waals surface area contributed by atoms with Crippen LogP contribution < -0.4 is 5.59 Å². The molecule has 2 N–H and O–H groups in total. The van der Waals surface area contributed by atoms with Crippen molar-refractivity contribution in [3.8, 4) is 0 Å². The largest absolute Gasteiger partial charge is 0.509 e. The lowest BCUT2D eigenvalue weighted by atomic mass is 9.87. The summed E-state index contributed by atoms with van der Waals surface area (Å²) < 4.78 is 35.9. The smallest absolute Gasteiger partial charge is 0.422 e. The molecule has 0 saturated heterocycles. The predicted octanol–water partition coefficient (Wildman–Crippen LogP) is -0.825. The average molecular weight is 192 g/mol. The van der Waals surface area contributed by atoms with Crippen molar-refractivity contribution in [2.24, 2.45) is 0 Å². The van der Waals surface area contributed by atoms with Crippen LogP contribution in [0, 0.1) is 0 Å². The van der Waals surface area contributed by atoms with Crippen LogP contribution in [0.1, 0.15) is 5.69 Å². The number of rotatable bonds is 1. The van der Waals surface area contributed by atoms with Gasteiger partial charge in [-0.25, -0.2) is 4.98 Å². The molecule has 0 unspecified atom stereocenters. The summed E-state index contributed by atoms with van der Waals surface area (Å²) in [5.41, 5.74) is -1.78. The molecule has 0 aliphatic heterocycles. The zero-order valence-electron chi connectivity index (χ0n) is 6.15. The highest BCUT2D eigenvalue weighted by molar-refractivity contribution is 6.57. The molecule has 0 aromatic carbocycles. The summed E-state index contributed by atoms with van der Waals surface area (Å²) in [4.78, 5) is 6.13. The van der Waals surface area contributed by atoms with Crippen molar-refractivity contribution in [1.29, 1.82) is 0 Å². The Morgan fingerprint density at radius 3 is 2.31 bits per heavy atom. The second kappa shape index (κ2) is 3.31. The molecule has 0 fully saturated rings. The van der Waals surface area contributed by atoms with E-state index in [1.165, 1.54) is 0 Å². The fourth-order valence-corrected chi connectivity index (χ4v) is 0.642. The average Bonchev–Trinajstić information content (AvgIpc) is 2.03. The van der Waals surface area contributed by atoms with Gasteiger partial charge in [0.1, 0.15) is 0 Å². The van der Waals surface area contributed by atoms with E-state index < -0.39 is 24.6 Å². The van der Waals surface area contributed by atoms with Crippen LogP contribution in [0.2, 0.25) is 0 Å². The normalized spacial score (nSPS) is 11.5. The van der Waals surface area contributed by atoms with E-state index in [1.54, 1.807) is 0 Å². The minimum absolute atomic E-state index is 0.506. The number of alkyl halides is 3. The molecule has 4 nitrogen and oxygen atoms in total. The summed E-state index contributed by atoms with van der Waals surface area (Å²) >= 11 is 0. The molecule has 0 aliphatic rings. The molecular weight excluding hydrogens is 188 g/mol. The van der Waals surface area contributed by atoms with Gasteiger partial charge in [-0.3, -0.25) is 4.98 Å². The highest BCUT2D eigenvalue weighted by Gasteiger charge is 2.33. The molecule has 0 amide bonds. The van der Waals surface area contributed by atoms with Gasteiger partial charge in [-0.05, 0) is 0 Å². The second-order valence-corrected chi connectivity index (χ2v) is 2.20. The molecule has 1 aromatic heterocycles. The Morgan fingerprint density at radius 1 is 1.23 bits per heavy atom. The van der Waals surface area contributed by atoms with E-state index in [9.17, 15) is 13.2 Å². The van der Waals surface area contributed by atoms with Crippen LogP contribution in [0.15, 0.2) is 12.4 Å². The molecule has 0 atom stereocenters. The fraction of sp³-hybridized carbons (Fsp3) is 0.200. The number of hydrogen-bond acceptors (Lipinski definition) is 4. The zero-order chi connectivity index (χ0) is 10.1. The predicted molar refractivity (Wildman–Crippen MR) is 36.9 cm³/mol. The van der Waals surface area contributed by atoms with E-state index in [1.807, 2.05) is 0 Å². The molecule has 1 heterocycles. The standard InChI is InChI=1S/C5H4BF3N2O2/c7-5(8,9)3-1-10-2-4(11-3)6(12)13/h1-2,12-13H. The monoisotopic (exact) mass is 192 g/mol. The summed E-state index contributed by atoms with van der Waals surface area (Å²) in [6.07, 6.45) is -3.27. The highest BCUT2D eigenvalue weighted by Crippen LogP contribution is 2.25. The van der Waals surface area contributed by atoms with Gasteiger partial charge in [0.15, 0.2) is 5.69 Å². The Balaban J connectivity index is 3.06. The van der Waals surface area contributed by atoms with Crippen molar-refractivity contribution in [3.05, 3.63) is 18.1 Å². The maximum absolute atomic E-state index is 12.0. The van der Waals surface area contributed by atoms with Crippen LogP contribution >= 0.6 is 0 Å². The Bertz CT molecular complexity index is 304. The van der Waals surface area contributed by atoms with Gasteiger partial charge in [-0.15, -0.1) is 0 Å². The first-order valence-corrected chi connectivity index (χ1v) is 3.16. The van der Waals surface area contributed by atoms with Crippen molar-refractivity contribution in [1.82, 2.24) is 9.97 Å². The molecule has 8 heteroatoms. The summed E-state index contributed by atoms with van der Waals surface area (Å²) in [5, 5.41) is 17.0. The molecule has 0 spiro atoms. The van der Waals surface area contributed by atoms with Gasteiger partial charge < -0.3 is 10.0 Å². The summed E-state index contributed by atoms with van der Waals surface area (Å²) in [7, 11) is -2.05. The minimum Gasteiger partial charge on any atom is -0.422 e. The topological polar surface area (TPSA) is 66.2 Å². The van der Waals surface area contributed by atoms with Crippen molar-refractivity contribution in [2.45, 2.75) is 6.18 Å². The molecule has 0 saturated carbocycles. The number of hydrogen-bond donors (Lipinski definition) is 2. The van der Waals surface area contributed by atoms with E-state index in [-0.39, 0.29) is 0 Å². The SMILES string of the molecule is OB(O)c1cncc(C(F)(F)F)n1. The molecule has 1 aromatic rings. The van der Waals surface area contributed by atoms with Crippen LogP contribution in [-0.4, -0.2) is 27.1 Å². The Labute approximate surface area is 71.2 Å². The molecule has 0 aliphatic carbocycles. The maximum atomic E-state index is 12.0. The van der Waals surface area contributed by atoms with Gasteiger partial charge in [0, 0.05) is 6.20 Å². The van der Waals surface area contributed by atoms with E-state index in [2.05, 4.69) is 9.97 Å². The summed E-state index contributed by atoms with van der Waals surface area (Å²) in [6, 6.07) is 0. The lowest BCUT2D eigenvalue weighted by Crippen LogP contribution is -2.34. The van der Waals surface area contributed by atoms with E-state index in [0.717, 1.165) is 6.20 Å². The first-order chi connectivity index (χ1) is 5.91. The lowest BCUT2D eigenvalue weighted by Gasteiger charge is -2.05. The quantitative estimate of drug-likeness (QED) is 0.570. The molecule has 0 radical (unpaired) electrons. The Morgan fingerprint density at radius 2 is 1.85 bits per heavy atom. The van der Waals surface area contributed by atoms with Crippen LogP contribution in [0.3, 0.4) is 0 Å². The third-order valence-electron chi connectivity index (χ3n) is 1.21. The van der Waals surface area contributed by atoms with E-state index in [0.29, 0.717) is 6.20 Å². The van der Waals surface area contributed by atoms with Crippen LogP contribution in [0.5, 0.6) is 0 Å². The summed E-state index contributed by atoms with van der Waals surface area (Å²) in [6.45, 7) is 0. The van der Waals surface area contributed by atoms with E-state index in [4.69, 9.17) is 10.0 Å². The van der Waals surface area contributed by atoms with Gasteiger partial charge >= 0.3 is 13.3 Å². The third-order valence-corrected chi connectivity index (χ3v) is 1.21. The Hall–Kier alpha value is -1.15. The van der Waals surface area contributed by atoms with Gasteiger partial charge in [-0.1, -0.05) is 0 Å². The lowest BCUT2D eigenvalue weighted by molar-refractivity contribution is -0.141. The van der Waals surface area contributed by atoms with Crippen molar-refractivity contribution in [2.75, 3.05) is 0 Å². The van der Waals surface area contributed by atoms with Crippen LogP contribution in [0.4, 0.5) is 13.2 Å². The number of aromatic nitrogens is 2. The molecular formula is C5H4BF3N2O2. The van der Waals surface area contributed by atoms with Crippen LogP contribution in [-0.2, 0) is 6.18 Å². The first kappa shape index (κ1) is 9.94. The zero-order valence-corrected chi connectivity index (χ0v) is 6.15. The van der Waals surface area contributed by atoms with Crippen molar-refractivity contribution < 1.29 is 23.2 Å². The highest BCUT2D eigenvalue weighted by atomic mass is 19.4. The van der Waals surface area contributed by atoms with Gasteiger partial charge in [0.25, 0.3) is 0 Å². The minimum atomic E-state index is -4.63. The Kier molecular flexibility index (Phi) is 2.53. The number of nitrogens with zero attached hydrogens (tertiary/aromatic N) is 2. The summed E-state index contributed by atoms with van der Waals surface area (Å²) in [5.74, 6) is 0. The van der Waals surface area contributed by atoms with Gasteiger partial charge in [0.2, 0.25) is 0 Å². The first-order valence-electron chi connectivity index (χ1n) is 3.16. The second-order valence-electron chi connectivity index (χ2n) is 2.20. The van der Waals surface area contributed by atoms with Gasteiger partial charge in [-0.2, -0.15) is 13.2 Å². The molecule has 0 bridgehead atoms. The molecule has 1 rings (SSSR count). The number of halogens is 3. The fourth-order valence-electron chi connectivity index (χ4n) is 0.642. The van der Waals surface area contributed by atoms with Crippen molar-refractivity contribution in [3.63, 3.8) is 0 Å². The third kappa shape index (κ3) is 2.39. The van der Waals surface area contributed by atoms with Crippen LogP contribution in [0.25, 0.3) is 0 Å². The molecule has 13 heavy (non-hydrogen) atoms. The maximum Gasteiger partial charge on any atom is 0.509 e. The van der Waals surface area contributed by atoms with Crippen molar-refractivity contribution >= 4 is 12.7 Å². The van der Waals surface area contributed by atoms with Gasteiger partial charge in [0.05, 0.1) is 11.8 Å².